The monoisotopic (exact) mass is 322 g/mol. The fraction of sp³-hybridized carbons (Fsp3) is 0.312. The number of esters is 1. The maximum Gasteiger partial charge on any atom is 0.327 e. The van der Waals surface area contributed by atoms with Crippen molar-refractivity contribution in [1.29, 1.82) is 0 Å². The zero-order valence-corrected chi connectivity index (χ0v) is 13.6. The minimum absolute atomic E-state index is 0.0664. The Bertz CT molecular complexity index is 621. The number of ether oxygens (including phenoxy) is 1. The molecule has 0 atom stereocenters. The first-order chi connectivity index (χ1) is 10.4. The van der Waals surface area contributed by atoms with Gasteiger partial charge in [-0.1, -0.05) is 11.6 Å². The molecule has 2 aromatic rings. The van der Waals surface area contributed by atoms with Gasteiger partial charge in [-0.2, -0.15) is 5.10 Å². The molecule has 6 heteroatoms. The largest absolute Gasteiger partial charge is 0.465 e. The number of halogens is 1. The van der Waals surface area contributed by atoms with Gasteiger partial charge in [-0.05, 0) is 51.1 Å². The topological polar surface area (TPSA) is 61.2 Å². The van der Waals surface area contributed by atoms with Gasteiger partial charge >= 0.3 is 5.97 Å². The summed E-state index contributed by atoms with van der Waals surface area (Å²) in [5, 5.41) is 4.71. The number of ketones is 1. The third kappa shape index (κ3) is 6.54. The Morgan fingerprint density at radius 2 is 1.86 bits per heavy atom. The lowest BCUT2D eigenvalue weighted by atomic mass is 10.2. The Hall–Kier alpha value is -2.14. The Morgan fingerprint density at radius 1 is 1.23 bits per heavy atom. The predicted molar refractivity (Wildman–Crippen MR) is 85.1 cm³/mol. The van der Waals surface area contributed by atoms with Crippen molar-refractivity contribution in [2.45, 2.75) is 27.3 Å². The molecule has 22 heavy (non-hydrogen) atoms. The molecule has 0 unspecified atom stereocenters. The smallest absolute Gasteiger partial charge is 0.327 e. The van der Waals surface area contributed by atoms with E-state index in [4.69, 9.17) is 16.3 Å². The van der Waals surface area contributed by atoms with Crippen LogP contribution in [0.2, 0.25) is 5.02 Å². The van der Waals surface area contributed by atoms with Crippen LogP contribution in [-0.4, -0.2) is 28.1 Å². The number of hydrogen-bond acceptors (Lipinski definition) is 4. The van der Waals surface area contributed by atoms with Crippen LogP contribution in [0, 0.1) is 6.92 Å². The van der Waals surface area contributed by atoms with Crippen molar-refractivity contribution in [2.75, 3.05) is 6.61 Å². The van der Waals surface area contributed by atoms with Crippen LogP contribution in [0.15, 0.2) is 36.5 Å². The van der Waals surface area contributed by atoms with Crippen LogP contribution in [0.4, 0.5) is 0 Å². The van der Waals surface area contributed by atoms with Crippen LogP contribution < -0.4 is 0 Å². The number of hydrogen-bond donors (Lipinski definition) is 0. The molecular formula is C16H19ClN2O3. The lowest BCUT2D eigenvalue weighted by Gasteiger charge is -2.00. The zero-order chi connectivity index (χ0) is 16.5. The van der Waals surface area contributed by atoms with E-state index in [1.54, 1.807) is 42.1 Å². The molecule has 0 aliphatic heterocycles. The third-order valence-corrected chi connectivity index (χ3v) is 2.87. The molecular weight excluding hydrogens is 304 g/mol. The van der Waals surface area contributed by atoms with Crippen LogP contribution in [-0.2, 0) is 16.1 Å². The van der Waals surface area contributed by atoms with E-state index in [-0.39, 0.29) is 18.3 Å². The standard InChI is InChI=1S/C8H7ClO.C8H12N2O2/c1-6(10)7-2-4-8(9)5-3-7;1-3-12-8(11)6-10-5-4-7(2)9-10/h2-5H,1H3;4-5H,3,6H2,1-2H3. The molecule has 5 nitrogen and oxygen atoms in total. The molecule has 0 fully saturated rings. The van der Waals surface area contributed by atoms with Gasteiger partial charge < -0.3 is 4.74 Å². The van der Waals surface area contributed by atoms with Crippen molar-refractivity contribution in [3.8, 4) is 0 Å². The second-order valence-corrected chi connectivity index (χ2v) is 4.96. The number of aryl methyl sites for hydroxylation is 1. The highest BCUT2D eigenvalue weighted by Crippen LogP contribution is 2.09. The lowest BCUT2D eigenvalue weighted by Crippen LogP contribution is -2.13. The van der Waals surface area contributed by atoms with Gasteiger partial charge in [-0.15, -0.1) is 0 Å². The molecule has 0 bridgehead atoms. The molecule has 0 saturated carbocycles. The lowest BCUT2D eigenvalue weighted by molar-refractivity contribution is -0.144. The summed E-state index contributed by atoms with van der Waals surface area (Å²) in [5.41, 5.74) is 1.60. The molecule has 0 aliphatic rings. The Balaban J connectivity index is 0.000000224. The van der Waals surface area contributed by atoms with Crippen LogP contribution in [0.3, 0.4) is 0 Å². The molecule has 0 spiro atoms. The van der Waals surface area contributed by atoms with Gasteiger partial charge in [0, 0.05) is 16.8 Å². The molecule has 1 aromatic heterocycles. The van der Waals surface area contributed by atoms with E-state index < -0.39 is 0 Å². The Morgan fingerprint density at radius 3 is 2.32 bits per heavy atom. The summed E-state index contributed by atoms with van der Waals surface area (Å²) < 4.78 is 6.32. The maximum absolute atomic E-state index is 10.9. The Kier molecular flexibility index (Phi) is 7.32. The van der Waals surface area contributed by atoms with E-state index in [0.29, 0.717) is 17.2 Å². The van der Waals surface area contributed by atoms with Crippen LogP contribution >= 0.6 is 11.6 Å². The number of benzene rings is 1. The molecule has 1 heterocycles. The van der Waals surface area contributed by atoms with E-state index in [9.17, 15) is 9.59 Å². The van der Waals surface area contributed by atoms with Crippen LogP contribution in [0.5, 0.6) is 0 Å². The van der Waals surface area contributed by atoms with E-state index in [0.717, 1.165) is 5.69 Å². The summed E-state index contributed by atoms with van der Waals surface area (Å²) in [6.07, 6.45) is 1.76. The number of carbonyl (C=O) groups excluding carboxylic acids is 2. The highest BCUT2D eigenvalue weighted by molar-refractivity contribution is 6.30. The number of nitrogens with zero attached hydrogens (tertiary/aromatic N) is 2. The van der Waals surface area contributed by atoms with Gasteiger partial charge in [0.15, 0.2) is 5.78 Å². The number of carbonyl (C=O) groups is 2. The van der Waals surface area contributed by atoms with E-state index in [2.05, 4.69) is 5.10 Å². The molecule has 0 amide bonds. The molecule has 1 aromatic carbocycles. The summed E-state index contributed by atoms with van der Waals surface area (Å²) in [7, 11) is 0. The van der Waals surface area contributed by atoms with Crippen molar-refractivity contribution in [3.63, 3.8) is 0 Å². The summed E-state index contributed by atoms with van der Waals surface area (Å²) in [4.78, 5) is 21.7. The fourth-order valence-corrected chi connectivity index (χ4v) is 1.70. The van der Waals surface area contributed by atoms with E-state index in [1.807, 2.05) is 13.0 Å². The molecule has 118 valence electrons. The number of Topliss-reactive ketones (excluding diaryl/α,β-unsaturated/α-hetero) is 1. The average molecular weight is 323 g/mol. The predicted octanol–water partition coefficient (Wildman–Crippen LogP) is 3.30. The van der Waals surface area contributed by atoms with Crippen LogP contribution in [0.1, 0.15) is 29.9 Å². The average Bonchev–Trinajstić information content (AvgIpc) is 2.85. The highest BCUT2D eigenvalue weighted by Gasteiger charge is 2.02. The van der Waals surface area contributed by atoms with Gasteiger partial charge in [0.05, 0.1) is 12.3 Å². The minimum atomic E-state index is -0.249. The molecule has 0 saturated heterocycles. The van der Waals surface area contributed by atoms with Crippen molar-refractivity contribution in [3.05, 3.63) is 52.8 Å². The first-order valence-electron chi connectivity index (χ1n) is 6.84. The van der Waals surface area contributed by atoms with E-state index >= 15 is 0 Å². The van der Waals surface area contributed by atoms with Crippen molar-refractivity contribution in [1.82, 2.24) is 9.78 Å². The molecule has 0 radical (unpaired) electrons. The van der Waals surface area contributed by atoms with Gasteiger partial charge in [0.25, 0.3) is 0 Å². The van der Waals surface area contributed by atoms with Gasteiger partial charge in [-0.3, -0.25) is 14.3 Å². The van der Waals surface area contributed by atoms with Crippen LogP contribution in [0.25, 0.3) is 0 Å². The normalized spacial score (nSPS) is 9.64. The fourth-order valence-electron chi connectivity index (χ4n) is 1.57. The van der Waals surface area contributed by atoms with Crippen molar-refractivity contribution >= 4 is 23.4 Å². The maximum atomic E-state index is 10.9. The van der Waals surface area contributed by atoms with Crippen molar-refractivity contribution < 1.29 is 14.3 Å². The van der Waals surface area contributed by atoms with E-state index in [1.165, 1.54) is 6.92 Å². The summed E-state index contributed by atoms with van der Waals surface area (Å²) in [6, 6.07) is 8.69. The summed E-state index contributed by atoms with van der Waals surface area (Å²) in [5.74, 6) is -0.183. The minimum Gasteiger partial charge on any atom is -0.465 e. The molecule has 0 aliphatic carbocycles. The van der Waals surface area contributed by atoms with Gasteiger partial charge in [0.1, 0.15) is 6.54 Å². The second kappa shape index (κ2) is 9.00. The summed E-state index contributed by atoms with van der Waals surface area (Å²) in [6.45, 7) is 5.80. The highest BCUT2D eigenvalue weighted by atomic mass is 35.5. The second-order valence-electron chi connectivity index (χ2n) is 4.52. The zero-order valence-electron chi connectivity index (χ0n) is 12.9. The molecule has 0 N–H and O–H groups in total. The molecule has 2 rings (SSSR count). The Labute approximate surface area is 134 Å². The first-order valence-corrected chi connectivity index (χ1v) is 7.22. The third-order valence-electron chi connectivity index (χ3n) is 2.62. The summed E-state index contributed by atoms with van der Waals surface area (Å²) >= 11 is 5.61. The van der Waals surface area contributed by atoms with Gasteiger partial charge in [0.2, 0.25) is 0 Å². The quantitative estimate of drug-likeness (QED) is 0.640. The number of aromatic nitrogens is 2. The first kappa shape index (κ1) is 17.9. The SMILES string of the molecule is CC(=O)c1ccc(Cl)cc1.CCOC(=O)Cn1ccc(C)n1. The van der Waals surface area contributed by atoms with Crippen molar-refractivity contribution in [2.24, 2.45) is 0 Å². The van der Waals surface area contributed by atoms with Gasteiger partial charge in [-0.25, -0.2) is 0 Å². The number of rotatable bonds is 4.